The number of hydrogen-bond donors (Lipinski definition) is 2. The van der Waals surface area contributed by atoms with Gasteiger partial charge in [0.25, 0.3) is 0 Å². The Kier molecular flexibility index (Phi) is 2.65. The smallest absolute Gasteiger partial charge is 0.156 e. The Morgan fingerprint density at radius 1 is 1.35 bits per heavy atom. The van der Waals surface area contributed by atoms with E-state index in [9.17, 15) is 5.11 Å². The van der Waals surface area contributed by atoms with Crippen molar-refractivity contribution >= 4 is 16.6 Å². The summed E-state index contributed by atoms with van der Waals surface area (Å²) in [5.41, 5.74) is 0. The summed E-state index contributed by atoms with van der Waals surface area (Å²) in [5.74, 6) is 1.23. The highest BCUT2D eigenvalue weighted by atomic mass is 16.3. The van der Waals surface area contributed by atoms with E-state index < -0.39 is 0 Å². The molecule has 2 N–H and O–H groups in total. The molecule has 2 aromatic rings. The van der Waals surface area contributed by atoms with E-state index in [-0.39, 0.29) is 6.10 Å². The number of anilines is 1. The Balaban J connectivity index is 1.79. The highest BCUT2D eigenvalue weighted by molar-refractivity contribution is 5.90. The first-order valence-corrected chi connectivity index (χ1v) is 5.97. The van der Waals surface area contributed by atoms with Crippen molar-refractivity contribution in [2.24, 2.45) is 5.92 Å². The van der Waals surface area contributed by atoms with Gasteiger partial charge in [-0.2, -0.15) is 5.10 Å². The summed E-state index contributed by atoms with van der Waals surface area (Å²) in [4.78, 5) is 0. The zero-order valence-electron chi connectivity index (χ0n) is 9.50. The maximum Gasteiger partial charge on any atom is 0.156 e. The molecule has 1 fully saturated rings. The molecule has 0 saturated heterocycles. The van der Waals surface area contributed by atoms with Gasteiger partial charge in [0.2, 0.25) is 0 Å². The van der Waals surface area contributed by atoms with Crippen LogP contribution in [0.2, 0.25) is 0 Å². The molecule has 1 saturated carbocycles. The summed E-state index contributed by atoms with van der Waals surface area (Å²) in [7, 11) is 0. The van der Waals surface area contributed by atoms with E-state index in [2.05, 4.69) is 15.5 Å². The minimum Gasteiger partial charge on any atom is -0.391 e. The number of benzene rings is 1. The lowest BCUT2D eigenvalue weighted by Gasteiger charge is -2.11. The lowest BCUT2D eigenvalue weighted by molar-refractivity contribution is 0.164. The molecule has 1 atom stereocenters. The molecule has 3 rings (SSSR count). The molecule has 0 bridgehead atoms. The zero-order chi connectivity index (χ0) is 11.7. The van der Waals surface area contributed by atoms with E-state index in [0.29, 0.717) is 12.5 Å². The summed E-state index contributed by atoms with van der Waals surface area (Å²) < 4.78 is 0. The summed E-state index contributed by atoms with van der Waals surface area (Å²) >= 11 is 0. The van der Waals surface area contributed by atoms with Gasteiger partial charge >= 0.3 is 0 Å². The summed E-state index contributed by atoms with van der Waals surface area (Å²) in [6.07, 6.45) is 3.77. The molecule has 0 amide bonds. The van der Waals surface area contributed by atoms with Gasteiger partial charge in [0.05, 0.1) is 12.3 Å². The molecule has 17 heavy (non-hydrogen) atoms. The van der Waals surface area contributed by atoms with Crippen LogP contribution in [0.4, 0.5) is 5.82 Å². The van der Waals surface area contributed by atoms with Crippen LogP contribution in [0.5, 0.6) is 0 Å². The van der Waals surface area contributed by atoms with E-state index >= 15 is 0 Å². The van der Waals surface area contributed by atoms with Crippen LogP contribution in [0.3, 0.4) is 0 Å². The van der Waals surface area contributed by atoms with Crippen LogP contribution in [-0.2, 0) is 0 Å². The summed E-state index contributed by atoms with van der Waals surface area (Å²) in [6, 6.07) is 7.97. The van der Waals surface area contributed by atoms with Crippen molar-refractivity contribution < 1.29 is 5.11 Å². The van der Waals surface area contributed by atoms with Crippen molar-refractivity contribution in [1.29, 1.82) is 0 Å². The minimum absolute atomic E-state index is 0.268. The Bertz CT molecular complexity index is 520. The molecule has 4 nitrogen and oxygen atoms in total. The molecule has 1 unspecified atom stereocenters. The quantitative estimate of drug-likeness (QED) is 0.839. The van der Waals surface area contributed by atoms with Gasteiger partial charge in [-0.3, -0.25) is 0 Å². The standard InChI is InChI=1S/C13H15N3O/c17-12(9-5-6-9)8-14-13-11-4-2-1-3-10(11)7-15-16-13/h1-4,7,9,12,17H,5-6,8H2,(H,14,16). The van der Waals surface area contributed by atoms with E-state index in [1.165, 1.54) is 0 Å². The fourth-order valence-corrected chi connectivity index (χ4v) is 2.01. The van der Waals surface area contributed by atoms with Crippen LogP contribution in [0.15, 0.2) is 30.5 Å². The Morgan fingerprint density at radius 2 is 2.18 bits per heavy atom. The maximum atomic E-state index is 9.81. The first-order chi connectivity index (χ1) is 8.34. The number of nitrogens with zero attached hydrogens (tertiary/aromatic N) is 2. The highest BCUT2D eigenvalue weighted by Crippen LogP contribution is 2.32. The van der Waals surface area contributed by atoms with Crippen LogP contribution >= 0.6 is 0 Å². The fourth-order valence-electron chi connectivity index (χ4n) is 2.01. The SMILES string of the molecule is OC(CNc1nncc2ccccc12)C1CC1. The van der Waals surface area contributed by atoms with Gasteiger partial charge in [-0.1, -0.05) is 24.3 Å². The highest BCUT2D eigenvalue weighted by Gasteiger charge is 2.29. The molecule has 0 aliphatic heterocycles. The van der Waals surface area contributed by atoms with Crippen molar-refractivity contribution in [1.82, 2.24) is 10.2 Å². The topological polar surface area (TPSA) is 58.0 Å². The predicted octanol–water partition coefficient (Wildman–Crippen LogP) is 1.81. The van der Waals surface area contributed by atoms with Gasteiger partial charge in [-0.25, -0.2) is 0 Å². The Labute approximate surface area is 99.7 Å². The van der Waals surface area contributed by atoms with Gasteiger partial charge in [-0.05, 0) is 18.8 Å². The van der Waals surface area contributed by atoms with Crippen molar-refractivity contribution in [3.63, 3.8) is 0 Å². The van der Waals surface area contributed by atoms with E-state index in [1.54, 1.807) is 6.20 Å². The van der Waals surface area contributed by atoms with Gasteiger partial charge in [0.15, 0.2) is 5.82 Å². The molecule has 1 aromatic heterocycles. The molecular weight excluding hydrogens is 214 g/mol. The number of aliphatic hydroxyl groups excluding tert-OH is 1. The van der Waals surface area contributed by atoms with Crippen LogP contribution in [0, 0.1) is 5.92 Å². The monoisotopic (exact) mass is 229 g/mol. The molecule has 4 heteroatoms. The third-order valence-corrected chi connectivity index (χ3v) is 3.22. The van der Waals surface area contributed by atoms with Crippen LogP contribution < -0.4 is 5.32 Å². The number of rotatable bonds is 4. The molecule has 0 spiro atoms. The zero-order valence-corrected chi connectivity index (χ0v) is 9.50. The van der Waals surface area contributed by atoms with E-state index in [1.807, 2.05) is 24.3 Å². The van der Waals surface area contributed by atoms with Gasteiger partial charge in [-0.15, -0.1) is 5.10 Å². The van der Waals surface area contributed by atoms with Crippen molar-refractivity contribution in [3.8, 4) is 0 Å². The fraction of sp³-hybridized carbons (Fsp3) is 0.385. The lowest BCUT2D eigenvalue weighted by atomic mass is 10.2. The predicted molar refractivity (Wildman–Crippen MR) is 66.8 cm³/mol. The lowest BCUT2D eigenvalue weighted by Crippen LogP contribution is -2.22. The van der Waals surface area contributed by atoms with Crippen molar-refractivity contribution in [3.05, 3.63) is 30.5 Å². The number of hydrogen-bond acceptors (Lipinski definition) is 4. The second-order valence-electron chi connectivity index (χ2n) is 4.57. The van der Waals surface area contributed by atoms with Gasteiger partial charge in [0, 0.05) is 17.3 Å². The van der Waals surface area contributed by atoms with Crippen molar-refractivity contribution in [2.45, 2.75) is 18.9 Å². The third kappa shape index (κ3) is 2.22. The molecule has 88 valence electrons. The second-order valence-corrected chi connectivity index (χ2v) is 4.57. The Hall–Kier alpha value is -1.68. The summed E-state index contributed by atoms with van der Waals surface area (Å²) in [5, 5.41) is 23.1. The van der Waals surface area contributed by atoms with Crippen molar-refractivity contribution in [2.75, 3.05) is 11.9 Å². The van der Waals surface area contributed by atoms with Crippen LogP contribution in [0.1, 0.15) is 12.8 Å². The maximum absolute atomic E-state index is 9.81. The number of nitrogens with one attached hydrogen (secondary N) is 1. The largest absolute Gasteiger partial charge is 0.391 e. The van der Waals surface area contributed by atoms with E-state index in [0.717, 1.165) is 29.4 Å². The third-order valence-electron chi connectivity index (χ3n) is 3.22. The normalized spacial score (nSPS) is 17.0. The number of fused-ring (bicyclic) bond motifs is 1. The van der Waals surface area contributed by atoms with Gasteiger partial charge < -0.3 is 10.4 Å². The molecule has 1 aliphatic rings. The average Bonchev–Trinajstić information content (AvgIpc) is 3.20. The Morgan fingerprint density at radius 3 is 3.00 bits per heavy atom. The molecular formula is C13H15N3O. The molecule has 1 aromatic carbocycles. The van der Waals surface area contributed by atoms with E-state index in [4.69, 9.17) is 0 Å². The van der Waals surface area contributed by atoms with Crippen LogP contribution in [-0.4, -0.2) is 28.0 Å². The number of aliphatic hydroxyl groups is 1. The minimum atomic E-state index is -0.268. The molecule has 0 radical (unpaired) electrons. The first kappa shape index (κ1) is 10.5. The van der Waals surface area contributed by atoms with Gasteiger partial charge in [0.1, 0.15) is 0 Å². The number of aromatic nitrogens is 2. The molecule has 1 aliphatic carbocycles. The summed E-state index contributed by atoms with van der Waals surface area (Å²) in [6.45, 7) is 0.549. The first-order valence-electron chi connectivity index (χ1n) is 5.97. The average molecular weight is 229 g/mol. The van der Waals surface area contributed by atoms with Crippen LogP contribution in [0.25, 0.3) is 10.8 Å². The molecule has 1 heterocycles. The second kappa shape index (κ2) is 4.30.